The number of nitrogens with one attached hydrogen (secondary N) is 1. The predicted octanol–water partition coefficient (Wildman–Crippen LogP) is 5.05. The normalized spacial score (nSPS) is 11.0. The lowest BCUT2D eigenvalue weighted by atomic mass is 10.2. The van der Waals surface area contributed by atoms with Crippen LogP contribution in [0.15, 0.2) is 59.0 Å². The number of hydrogen-bond acceptors (Lipinski definition) is 4. The first-order valence-electron chi connectivity index (χ1n) is 6.48. The van der Waals surface area contributed by atoms with Crippen molar-refractivity contribution in [3.63, 3.8) is 0 Å². The number of benzene rings is 2. The van der Waals surface area contributed by atoms with Gasteiger partial charge >= 0.3 is 0 Å². The number of nitrogens with zero attached hydrogens (tertiary/aromatic N) is 2. The summed E-state index contributed by atoms with van der Waals surface area (Å²) in [5.74, 6) is -0.487. The maximum absolute atomic E-state index is 13.7. The van der Waals surface area contributed by atoms with Gasteiger partial charge < -0.3 is 0 Å². The lowest BCUT2D eigenvalue weighted by Gasteiger charge is -1.98. The minimum absolute atomic E-state index is 0.0737. The van der Waals surface area contributed by atoms with Gasteiger partial charge in [-0.25, -0.2) is 9.37 Å². The van der Waals surface area contributed by atoms with Crippen molar-refractivity contribution >= 4 is 34.3 Å². The standard InChI is InChI=1S/C16H11ClFN3S/c17-13-8-4-7-12(15(13)18)9-19-21-16-20-14(10-22-16)11-5-2-1-3-6-11/h1-10H,(H,20,21). The molecular weight excluding hydrogens is 321 g/mol. The van der Waals surface area contributed by atoms with Gasteiger partial charge in [-0.15, -0.1) is 11.3 Å². The predicted molar refractivity (Wildman–Crippen MR) is 90.2 cm³/mol. The molecule has 0 atom stereocenters. The average molecular weight is 332 g/mol. The van der Waals surface area contributed by atoms with E-state index < -0.39 is 5.82 Å². The molecule has 0 fully saturated rings. The Morgan fingerprint density at radius 2 is 1.95 bits per heavy atom. The summed E-state index contributed by atoms with van der Waals surface area (Å²) in [4.78, 5) is 4.43. The largest absolute Gasteiger partial charge is 0.253 e. The van der Waals surface area contributed by atoms with E-state index in [9.17, 15) is 4.39 Å². The van der Waals surface area contributed by atoms with Crippen molar-refractivity contribution in [2.75, 3.05) is 5.43 Å². The zero-order chi connectivity index (χ0) is 15.4. The lowest BCUT2D eigenvalue weighted by Crippen LogP contribution is -1.93. The van der Waals surface area contributed by atoms with E-state index in [4.69, 9.17) is 11.6 Å². The Morgan fingerprint density at radius 3 is 2.77 bits per heavy atom. The fourth-order valence-corrected chi connectivity index (χ4v) is 2.69. The molecule has 0 spiro atoms. The van der Waals surface area contributed by atoms with Crippen LogP contribution in [-0.4, -0.2) is 11.2 Å². The van der Waals surface area contributed by atoms with Crippen LogP contribution in [0.4, 0.5) is 9.52 Å². The number of thiazole rings is 1. The van der Waals surface area contributed by atoms with Crippen molar-refractivity contribution in [1.29, 1.82) is 0 Å². The van der Waals surface area contributed by atoms with E-state index in [1.165, 1.54) is 23.6 Å². The highest BCUT2D eigenvalue weighted by Gasteiger charge is 2.04. The van der Waals surface area contributed by atoms with E-state index in [-0.39, 0.29) is 5.02 Å². The number of anilines is 1. The molecule has 0 aliphatic carbocycles. The molecule has 0 aliphatic heterocycles. The van der Waals surface area contributed by atoms with Crippen molar-refractivity contribution in [2.24, 2.45) is 5.10 Å². The van der Waals surface area contributed by atoms with Gasteiger partial charge in [0.05, 0.1) is 16.9 Å². The van der Waals surface area contributed by atoms with E-state index >= 15 is 0 Å². The molecule has 3 rings (SSSR count). The summed E-state index contributed by atoms with van der Waals surface area (Å²) in [6.45, 7) is 0. The third-order valence-electron chi connectivity index (χ3n) is 2.92. The number of aromatic nitrogens is 1. The van der Waals surface area contributed by atoms with Crippen LogP contribution in [0.5, 0.6) is 0 Å². The van der Waals surface area contributed by atoms with Crippen LogP contribution in [0.2, 0.25) is 5.02 Å². The van der Waals surface area contributed by atoms with E-state index in [1.807, 2.05) is 35.7 Å². The molecular formula is C16H11ClFN3S. The fraction of sp³-hybridized carbons (Fsp3) is 0. The second-order valence-electron chi connectivity index (χ2n) is 4.42. The van der Waals surface area contributed by atoms with Crippen LogP contribution < -0.4 is 5.43 Å². The van der Waals surface area contributed by atoms with Crippen LogP contribution >= 0.6 is 22.9 Å². The molecule has 0 bridgehead atoms. The summed E-state index contributed by atoms with van der Waals surface area (Å²) in [5.41, 5.74) is 5.03. The molecule has 0 saturated heterocycles. The molecule has 0 amide bonds. The molecule has 6 heteroatoms. The summed E-state index contributed by atoms with van der Waals surface area (Å²) in [6.07, 6.45) is 1.38. The Balaban J connectivity index is 1.71. The molecule has 0 unspecified atom stereocenters. The molecule has 3 nitrogen and oxygen atoms in total. The maximum Gasteiger partial charge on any atom is 0.203 e. The van der Waals surface area contributed by atoms with Crippen LogP contribution in [0.1, 0.15) is 5.56 Å². The zero-order valence-corrected chi connectivity index (χ0v) is 12.9. The average Bonchev–Trinajstić information content (AvgIpc) is 3.01. The van der Waals surface area contributed by atoms with Gasteiger partial charge in [-0.1, -0.05) is 54.1 Å². The van der Waals surface area contributed by atoms with Gasteiger partial charge in [0.2, 0.25) is 5.13 Å². The smallest absolute Gasteiger partial charge is 0.203 e. The molecule has 2 aromatic carbocycles. The summed E-state index contributed by atoms with van der Waals surface area (Å²) in [7, 11) is 0. The van der Waals surface area contributed by atoms with E-state index in [0.29, 0.717) is 10.7 Å². The van der Waals surface area contributed by atoms with Crippen LogP contribution in [0.25, 0.3) is 11.3 Å². The zero-order valence-electron chi connectivity index (χ0n) is 11.3. The third kappa shape index (κ3) is 3.32. The quantitative estimate of drug-likeness (QED) is 0.536. The molecule has 3 aromatic rings. The van der Waals surface area contributed by atoms with Crippen LogP contribution in [0.3, 0.4) is 0 Å². The van der Waals surface area contributed by atoms with Crippen LogP contribution in [-0.2, 0) is 0 Å². The van der Waals surface area contributed by atoms with Gasteiger partial charge in [-0.3, -0.25) is 5.43 Å². The van der Waals surface area contributed by atoms with Gasteiger partial charge in [-0.05, 0) is 6.07 Å². The molecule has 0 radical (unpaired) electrons. The van der Waals surface area contributed by atoms with E-state index in [2.05, 4.69) is 15.5 Å². The Labute approximate surface area is 136 Å². The first-order chi connectivity index (χ1) is 10.7. The molecule has 1 aromatic heterocycles. The SMILES string of the molecule is Fc1c(Cl)cccc1C=NNc1nc(-c2ccccc2)cs1. The van der Waals surface area contributed by atoms with Gasteiger partial charge in [0.1, 0.15) is 0 Å². The first-order valence-corrected chi connectivity index (χ1v) is 7.74. The molecule has 1 heterocycles. The van der Waals surface area contributed by atoms with Crippen molar-refractivity contribution < 1.29 is 4.39 Å². The number of hydrogen-bond donors (Lipinski definition) is 1. The van der Waals surface area contributed by atoms with Crippen molar-refractivity contribution in [3.8, 4) is 11.3 Å². The van der Waals surface area contributed by atoms with Crippen LogP contribution in [0, 0.1) is 5.82 Å². The second-order valence-corrected chi connectivity index (χ2v) is 5.68. The van der Waals surface area contributed by atoms with Gasteiger partial charge in [0.15, 0.2) is 5.82 Å². The lowest BCUT2D eigenvalue weighted by molar-refractivity contribution is 0.626. The summed E-state index contributed by atoms with van der Waals surface area (Å²) < 4.78 is 13.7. The summed E-state index contributed by atoms with van der Waals surface area (Å²) in [5, 5.41) is 6.64. The minimum atomic E-state index is -0.487. The minimum Gasteiger partial charge on any atom is -0.253 e. The maximum atomic E-state index is 13.7. The molecule has 0 saturated carbocycles. The highest BCUT2D eigenvalue weighted by Crippen LogP contribution is 2.24. The highest BCUT2D eigenvalue weighted by molar-refractivity contribution is 7.14. The van der Waals surface area contributed by atoms with E-state index in [1.54, 1.807) is 12.1 Å². The van der Waals surface area contributed by atoms with Crippen molar-refractivity contribution in [3.05, 3.63) is 70.3 Å². The van der Waals surface area contributed by atoms with Crippen molar-refractivity contribution in [1.82, 2.24) is 4.98 Å². The Bertz CT molecular complexity index is 802. The summed E-state index contributed by atoms with van der Waals surface area (Å²) >= 11 is 7.14. The van der Waals surface area contributed by atoms with Gasteiger partial charge in [0.25, 0.3) is 0 Å². The molecule has 22 heavy (non-hydrogen) atoms. The number of halogens is 2. The monoisotopic (exact) mass is 331 g/mol. The van der Waals surface area contributed by atoms with E-state index in [0.717, 1.165) is 11.3 Å². The highest BCUT2D eigenvalue weighted by atomic mass is 35.5. The molecule has 0 aliphatic rings. The third-order valence-corrected chi connectivity index (χ3v) is 3.96. The number of rotatable bonds is 4. The Kier molecular flexibility index (Phi) is 4.46. The first kappa shape index (κ1) is 14.7. The molecule has 110 valence electrons. The van der Waals surface area contributed by atoms with Crippen molar-refractivity contribution in [2.45, 2.75) is 0 Å². The molecule has 1 N–H and O–H groups in total. The number of hydrazone groups is 1. The fourth-order valence-electron chi connectivity index (χ4n) is 1.84. The summed E-state index contributed by atoms with van der Waals surface area (Å²) in [6, 6.07) is 14.6. The van der Waals surface area contributed by atoms with Gasteiger partial charge in [-0.2, -0.15) is 5.10 Å². The Morgan fingerprint density at radius 1 is 1.14 bits per heavy atom. The van der Waals surface area contributed by atoms with Gasteiger partial charge in [0, 0.05) is 16.5 Å². The second kappa shape index (κ2) is 6.68. The topological polar surface area (TPSA) is 37.3 Å². The Hall–Kier alpha value is -2.24.